The van der Waals surface area contributed by atoms with Crippen LogP contribution in [-0.4, -0.2) is 37.1 Å². The molecule has 106 valence electrons. The molecule has 4 nitrogen and oxygen atoms in total. The van der Waals surface area contributed by atoms with Gasteiger partial charge in [-0.25, -0.2) is 0 Å². The monoisotopic (exact) mass is 310 g/mol. The van der Waals surface area contributed by atoms with E-state index < -0.39 is 0 Å². The van der Waals surface area contributed by atoms with Crippen LogP contribution in [0.5, 0.6) is 0 Å². The van der Waals surface area contributed by atoms with Crippen LogP contribution >= 0.6 is 22.9 Å². The summed E-state index contributed by atoms with van der Waals surface area (Å²) < 4.78 is 6.24. The smallest absolute Gasteiger partial charge is 0.266 e. The number of thiophene rings is 1. The van der Waals surface area contributed by atoms with Crippen molar-refractivity contribution < 1.29 is 9.53 Å². The van der Waals surface area contributed by atoms with E-state index in [9.17, 15) is 4.79 Å². The van der Waals surface area contributed by atoms with Crippen LogP contribution in [0, 0.1) is 0 Å². The summed E-state index contributed by atoms with van der Waals surface area (Å²) in [6.45, 7) is 1.33. The maximum atomic E-state index is 12.6. The van der Waals surface area contributed by atoms with Gasteiger partial charge in [0.05, 0.1) is 16.8 Å². The number of carbonyl (C=O) groups excluding carboxylic acids is 1. The molecule has 1 amide bonds. The van der Waals surface area contributed by atoms with Gasteiger partial charge in [0.25, 0.3) is 5.91 Å². The molecule has 0 radical (unpaired) electrons. The number of benzene rings is 1. The Hall–Kier alpha value is -1.30. The molecule has 20 heavy (non-hydrogen) atoms. The van der Waals surface area contributed by atoms with E-state index >= 15 is 0 Å². The van der Waals surface area contributed by atoms with Gasteiger partial charge in [-0.2, -0.15) is 0 Å². The molecule has 1 unspecified atom stereocenters. The minimum absolute atomic E-state index is 0.0284. The van der Waals surface area contributed by atoms with Gasteiger partial charge in [-0.15, -0.1) is 11.3 Å². The Kier molecular flexibility index (Phi) is 3.58. The second-order valence-electron chi connectivity index (χ2n) is 4.86. The zero-order valence-electron chi connectivity index (χ0n) is 11.1. The number of carbonyl (C=O) groups is 1. The fourth-order valence-electron chi connectivity index (χ4n) is 2.54. The van der Waals surface area contributed by atoms with Gasteiger partial charge in [-0.1, -0.05) is 17.7 Å². The molecular weight excluding hydrogens is 296 g/mol. The van der Waals surface area contributed by atoms with Crippen molar-refractivity contribution in [2.45, 2.75) is 12.5 Å². The summed E-state index contributed by atoms with van der Waals surface area (Å²) >= 11 is 7.57. The van der Waals surface area contributed by atoms with Crippen LogP contribution in [0.4, 0.5) is 5.69 Å². The Morgan fingerprint density at radius 1 is 1.55 bits per heavy atom. The number of likely N-dealkylation sites (tertiary alicyclic amines) is 1. The van der Waals surface area contributed by atoms with Gasteiger partial charge < -0.3 is 15.4 Å². The molecule has 1 fully saturated rings. The molecule has 0 spiro atoms. The van der Waals surface area contributed by atoms with E-state index in [4.69, 9.17) is 22.1 Å². The summed E-state index contributed by atoms with van der Waals surface area (Å²) in [5.74, 6) is -0.0284. The van der Waals surface area contributed by atoms with E-state index in [2.05, 4.69) is 0 Å². The van der Waals surface area contributed by atoms with Gasteiger partial charge in [0.1, 0.15) is 4.88 Å². The fourth-order valence-corrected chi connectivity index (χ4v) is 3.99. The van der Waals surface area contributed by atoms with Crippen molar-refractivity contribution in [2.75, 3.05) is 25.9 Å². The van der Waals surface area contributed by atoms with Crippen LogP contribution < -0.4 is 5.73 Å². The number of hydrogen-bond acceptors (Lipinski definition) is 4. The van der Waals surface area contributed by atoms with Crippen LogP contribution in [0.15, 0.2) is 18.2 Å². The third-order valence-corrected chi connectivity index (χ3v) is 5.13. The lowest BCUT2D eigenvalue weighted by atomic mass is 10.2. The number of amides is 1. The Morgan fingerprint density at radius 2 is 2.35 bits per heavy atom. The average Bonchev–Trinajstić information content (AvgIpc) is 3.04. The molecule has 1 aliphatic heterocycles. The summed E-state index contributed by atoms with van der Waals surface area (Å²) in [7, 11) is 1.67. The Balaban J connectivity index is 1.96. The van der Waals surface area contributed by atoms with Crippen LogP contribution in [0.25, 0.3) is 10.1 Å². The standard InChI is InChI=1S/C14H15ClN2O2S/c1-19-8-5-6-17(7-8)14(18)13-12(16)11-9(15)3-2-4-10(11)20-13/h2-4,8H,5-7,16H2,1H3. The first-order valence-corrected chi connectivity index (χ1v) is 7.60. The largest absolute Gasteiger partial charge is 0.397 e. The van der Waals surface area contributed by atoms with Crippen molar-refractivity contribution in [3.05, 3.63) is 28.1 Å². The zero-order chi connectivity index (χ0) is 14.3. The molecule has 1 aliphatic rings. The number of ether oxygens (including phenoxy) is 1. The van der Waals surface area contributed by atoms with Crippen molar-refractivity contribution in [3.63, 3.8) is 0 Å². The number of nitrogens with zero attached hydrogens (tertiary/aromatic N) is 1. The van der Waals surface area contributed by atoms with E-state index in [1.165, 1.54) is 11.3 Å². The van der Waals surface area contributed by atoms with E-state index in [0.717, 1.165) is 16.5 Å². The number of rotatable bonds is 2. The number of nitrogens with two attached hydrogens (primary N) is 1. The van der Waals surface area contributed by atoms with E-state index in [-0.39, 0.29) is 12.0 Å². The highest BCUT2D eigenvalue weighted by atomic mass is 35.5. The van der Waals surface area contributed by atoms with Crippen LogP contribution in [0.3, 0.4) is 0 Å². The highest BCUT2D eigenvalue weighted by molar-refractivity contribution is 7.21. The molecule has 1 atom stereocenters. The summed E-state index contributed by atoms with van der Waals surface area (Å²) in [4.78, 5) is 14.9. The molecule has 0 aliphatic carbocycles. The molecule has 2 aromatic rings. The second kappa shape index (κ2) is 5.24. The molecule has 3 rings (SSSR count). The topological polar surface area (TPSA) is 55.6 Å². The molecule has 6 heteroatoms. The van der Waals surface area contributed by atoms with Crippen molar-refractivity contribution in [3.8, 4) is 0 Å². The molecule has 1 aromatic carbocycles. The Labute approximate surface area is 126 Å². The lowest BCUT2D eigenvalue weighted by molar-refractivity contribution is 0.0729. The van der Waals surface area contributed by atoms with Crippen molar-refractivity contribution >= 4 is 44.6 Å². The first kappa shape index (κ1) is 13.7. The molecule has 2 N–H and O–H groups in total. The predicted molar refractivity (Wildman–Crippen MR) is 82.6 cm³/mol. The summed E-state index contributed by atoms with van der Waals surface area (Å²) in [6.07, 6.45) is 0.992. The third kappa shape index (κ3) is 2.16. The lowest BCUT2D eigenvalue weighted by Gasteiger charge is -2.15. The third-order valence-electron chi connectivity index (χ3n) is 3.66. The quantitative estimate of drug-likeness (QED) is 0.927. The van der Waals surface area contributed by atoms with Crippen molar-refractivity contribution in [1.29, 1.82) is 0 Å². The Morgan fingerprint density at radius 3 is 3.00 bits per heavy atom. The van der Waals surface area contributed by atoms with Crippen molar-refractivity contribution in [2.24, 2.45) is 0 Å². The van der Waals surface area contributed by atoms with Crippen LogP contribution in [0.2, 0.25) is 5.02 Å². The van der Waals surface area contributed by atoms with Crippen LogP contribution in [0.1, 0.15) is 16.1 Å². The number of hydrogen-bond donors (Lipinski definition) is 1. The van der Waals surface area contributed by atoms with Gasteiger partial charge in [0.15, 0.2) is 0 Å². The minimum Gasteiger partial charge on any atom is -0.397 e. The predicted octanol–water partition coefficient (Wildman–Crippen LogP) is 3.00. The van der Waals surface area contributed by atoms with Crippen molar-refractivity contribution in [1.82, 2.24) is 4.90 Å². The highest BCUT2D eigenvalue weighted by Crippen LogP contribution is 2.38. The second-order valence-corrected chi connectivity index (χ2v) is 6.31. The summed E-state index contributed by atoms with van der Waals surface area (Å²) in [5.41, 5.74) is 6.61. The maximum Gasteiger partial charge on any atom is 0.266 e. The summed E-state index contributed by atoms with van der Waals surface area (Å²) in [5, 5.41) is 1.37. The molecule has 1 saturated heterocycles. The SMILES string of the molecule is COC1CCN(C(=O)c2sc3cccc(Cl)c3c2N)C1. The summed E-state index contributed by atoms with van der Waals surface area (Å²) in [6, 6.07) is 5.59. The lowest BCUT2D eigenvalue weighted by Crippen LogP contribution is -2.29. The fraction of sp³-hybridized carbons (Fsp3) is 0.357. The number of methoxy groups -OCH3 is 1. The molecule has 1 aromatic heterocycles. The van der Waals surface area contributed by atoms with E-state index in [1.54, 1.807) is 18.1 Å². The maximum absolute atomic E-state index is 12.6. The minimum atomic E-state index is -0.0284. The van der Waals surface area contributed by atoms with Gasteiger partial charge in [-0.3, -0.25) is 4.79 Å². The molecule has 0 bridgehead atoms. The zero-order valence-corrected chi connectivity index (χ0v) is 12.6. The highest BCUT2D eigenvalue weighted by Gasteiger charge is 2.29. The van der Waals surface area contributed by atoms with Gasteiger partial charge in [-0.05, 0) is 18.6 Å². The number of nitrogen functional groups attached to an aromatic ring is 1. The first-order chi connectivity index (χ1) is 9.61. The number of fused-ring (bicyclic) bond motifs is 1. The average molecular weight is 311 g/mol. The molecular formula is C14H15ClN2O2S. The van der Waals surface area contributed by atoms with Gasteiger partial charge >= 0.3 is 0 Å². The number of anilines is 1. The van der Waals surface area contributed by atoms with Gasteiger partial charge in [0, 0.05) is 30.3 Å². The van der Waals surface area contributed by atoms with E-state index in [1.807, 2.05) is 12.1 Å². The Bertz CT molecular complexity index is 670. The van der Waals surface area contributed by atoms with E-state index in [0.29, 0.717) is 28.7 Å². The molecule has 2 heterocycles. The first-order valence-electron chi connectivity index (χ1n) is 6.40. The van der Waals surface area contributed by atoms with Crippen LogP contribution in [-0.2, 0) is 4.74 Å². The van der Waals surface area contributed by atoms with Gasteiger partial charge in [0.2, 0.25) is 0 Å². The molecule has 0 saturated carbocycles. The number of halogens is 1. The normalized spacial score (nSPS) is 18.9.